The molecule has 0 atom stereocenters. The molecule has 0 spiro atoms. The second kappa shape index (κ2) is 9.46. The van der Waals surface area contributed by atoms with Crippen LogP contribution in [-0.4, -0.2) is 17.5 Å². The number of anilines is 1. The van der Waals surface area contributed by atoms with Gasteiger partial charge in [-0.15, -0.1) is 0 Å². The molecule has 2 N–H and O–H groups in total. The maximum absolute atomic E-state index is 12.3. The summed E-state index contributed by atoms with van der Waals surface area (Å²) in [5.74, 6) is -0.376. The minimum Gasteiger partial charge on any atom is -0.326 e. The van der Waals surface area contributed by atoms with Gasteiger partial charge < -0.3 is 5.32 Å². The van der Waals surface area contributed by atoms with Gasteiger partial charge in [0.25, 0.3) is 5.91 Å². The Morgan fingerprint density at radius 1 is 0.793 bits per heavy atom. The molecule has 0 heterocycles. The lowest BCUT2D eigenvalue weighted by Crippen LogP contribution is -2.19. The summed E-state index contributed by atoms with van der Waals surface area (Å²) in [5.41, 5.74) is 7.63. The normalized spacial score (nSPS) is 11.0. The Morgan fingerprint density at radius 3 is 2.00 bits per heavy atom. The SMILES string of the molecule is CCC(=O)Nc1ccc(C(=O)N/N=C(/C)c2ccc(-c3ccccc3)cc2)cc1. The number of rotatable bonds is 6. The lowest BCUT2D eigenvalue weighted by molar-refractivity contribution is -0.115. The maximum atomic E-state index is 12.3. The molecule has 146 valence electrons. The third-order valence-electron chi connectivity index (χ3n) is 4.49. The van der Waals surface area contributed by atoms with Gasteiger partial charge in [-0.05, 0) is 47.9 Å². The molecule has 3 aromatic rings. The van der Waals surface area contributed by atoms with E-state index >= 15 is 0 Å². The van der Waals surface area contributed by atoms with Crippen molar-refractivity contribution in [2.24, 2.45) is 5.10 Å². The summed E-state index contributed by atoms with van der Waals surface area (Å²) < 4.78 is 0. The zero-order chi connectivity index (χ0) is 20.6. The number of nitrogens with zero attached hydrogens (tertiary/aromatic N) is 1. The Morgan fingerprint density at radius 2 is 1.38 bits per heavy atom. The number of amides is 2. The van der Waals surface area contributed by atoms with E-state index in [0.717, 1.165) is 16.7 Å². The lowest BCUT2D eigenvalue weighted by atomic mass is 10.0. The third kappa shape index (κ3) is 5.39. The van der Waals surface area contributed by atoms with Crippen LogP contribution >= 0.6 is 0 Å². The average molecular weight is 385 g/mol. The predicted octanol–water partition coefficient (Wildman–Crippen LogP) is 4.86. The highest BCUT2D eigenvalue weighted by Crippen LogP contribution is 2.19. The van der Waals surface area contributed by atoms with Crippen LogP contribution in [0.2, 0.25) is 0 Å². The van der Waals surface area contributed by atoms with Gasteiger partial charge in [0.2, 0.25) is 5.91 Å². The molecule has 0 fully saturated rings. The van der Waals surface area contributed by atoms with Gasteiger partial charge in [0.05, 0.1) is 5.71 Å². The molecule has 0 aliphatic carbocycles. The molecule has 0 unspecified atom stereocenters. The van der Waals surface area contributed by atoms with Crippen molar-refractivity contribution in [3.63, 3.8) is 0 Å². The fourth-order valence-corrected chi connectivity index (χ4v) is 2.75. The third-order valence-corrected chi connectivity index (χ3v) is 4.49. The number of benzene rings is 3. The van der Waals surface area contributed by atoms with Crippen LogP contribution in [0.5, 0.6) is 0 Å². The number of carbonyl (C=O) groups excluding carboxylic acids is 2. The van der Waals surface area contributed by atoms with E-state index in [0.29, 0.717) is 23.4 Å². The monoisotopic (exact) mass is 385 g/mol. The highest BCUT2D eigenvalue weighted by Gasteiger charge is 2.06. The molecule has 0 bridgehead atoms. The predicted molar refractivity (Wildman–Crippen MR) is 117 cm³/mol. The van der Waals surface area contributed by atoms with E-state index in [1.807, 2.05) is 49.4 Å². The molecule has 5 heteroatoms. The number of hydrazone groups is 1. The van der Waals surface area contributed by atoms with E-state index in [9.17, 15) is 9.59 Å². The van der Waals surface area contributed by atoms with Crippen LogP contribution in [0.3, 0.4) is 0 Å². The Bertz CT molecular complexity index is 1010. The Kier molecular flexibility index (Phi) is 6.53. The van der Waals surface area contributed by atoms with Crippen molar-refractivity contribution in [3.8, 4) is 11.1 Å². The first-order chi connectivity index (χ1) is 14.1. The van der Waals surface area contributed by atoms with E-state index in [1.165, 1.54) is 0 Å². The van der Waals surface area contributed by atoms with E-state index in [-0.39, 0.29) is 11.8 Å². The van der Waals surface area contributed by atoms with Gasteiger partial charge in [-0.1, -0.05) is 61.5 Å². The maximum Gasteiger partial charge on any atom is 0.271 e. The molecule has 0 saturated carbocycles. The molecule has 0 aromatic heterocycles. The van der Waals surface area contributed by atoms with Crippen LogP contribution in [0, 0.1) is 0 Å². The van der Waals surface area contributed by atoms with Crippen molar-refractivity contribution in [2.75, 3.05) is 5.32 Å². The zero-order valence-corrected chi connectivity index (χ0v) is 16.5. The molecule has 2 amide bonds. The minimum atomic E-state index is -0.307. The molecular weight excluding hydrogens is 362 g/mol. The fourth-order valence-electron chi connectivity index (χ4n) is 2.75. The lowest BCUT2D eigenvalue weighted by Gasteiger charge is -2.06. The largest absolute Gasteiger partial charge is 0.326 e. The Balaban J connectivity index is 1.63. The quantitative estimate of drug-likeness (QED) is 0.470. The van der Waals surface area contributed by atoms with Crippen LogP contribution in [0.4, 0.5) is 5.69 Å². The van der Waals surface area contributed by atoms with Gasteiger partial charge in [-0.2, -0.15) is 5.10 Å². The summed E-state index contributed by atoms with van der Waals surface area (Å²) >= 11 is 0. The topological polar surface area (TPSA) is 70.6 Å². The first-order valence-corrected chi connectivity index (χ1v) is 9.47. The van der Waals surface area contributed by atoms with E-state index in [1.54, 1.807) is 31.2 Å². The van der Waals surface area contributed by atoms with Crippen LogP contribution < -0.4 is 10.7 Å². The average Bonchev–Trinajstić information content (AvgIpc) is 2.78. The summed E-state index contributed by atoms with van der Waals surface area (Å²) in [6.07, 6.45) is 0.405. The Labute approximate surface area is 170 Å². The van der Waals surface area contributed by atoms with E-state index < -0.39 is 0 Å². The second-order valence-corrected chi connectivity index (χ2v) is 6.56. The summed E-state index contributed by atoms with van der Waals surface area (Å²) in [7, 11) is 0. The molecule has 3 aromatic carbocycles. The fraction of sp³-hybridized carbons (Fsp3) is 0.125. The summed E-state index contributed by atoms with van der Waals surface area (Å²) in [6, 6.07) is 24.9. The number of nitrogens with one attached hydrogen (secondary N) is 2. The first-order valence-electron chi connectivity index (χ1n) is 9.47. The van der Waals surface area contributed by atoms with Gasteiger partial charge in [0.1, 0.15) is 0 Å². The van der Waals surface area contributed by atoms with Crippen molar-refractivity contribution in [1.82, 2.24) is 5.43 Å². The van der Waals surface area contributed by atoms with Gasteiger partial charge >= 0.3 is 0 Å². The van der Waals surface area contributed by atoms with E-state index in [2.05, 4.69) is 28.0 Å². The van der Waals surface area contributed by atoms with Crippen LogP contribution in [0.15, 0.2) is 84.0 Å². The van der Waals surface area contributed by atoms with Crippen molar-refractivity contribution in [2.45, 2.75) is 20.3 Å². The van der Waals surface area contributed by atoms with Gasteiger partial charge in [0.15, 0.2) is 0 Å². The van der Waals surface area contributed by atoms with Crippen LogP contribution in [-0.2, 0) is 4.79 Å². The molecule has 0 aliphatic heterocycles. The zero-order valence-electron chi connectivity index (χ0n) is 16.5. The molecular formula is C24H23N3O2. The summed E-state index contributed by atoms with van der Waals surface area (Å²) in [5, 5.41) is 6.95. The van der Waals surface area contributed by atoms with Crippen LogP contribution in [0.1, 0.15) is 36.2 Å². The molecule has 0 saturated heterocycles. The summed E-state index contributed by atoms with van der Waals surface area (Å²) in [4.78, 5) is 23.7. The van der Waals surface area contributed by atoms with Crippen LogP contribution in [0.25, 0.3) is 11.1 Å². The minimum absolute atomic E-state index is 0.0688. The molecule has 0 aliphatic rings. The molecule has 29 heavy (non-hydrogen) atoms. The van der Waals surface area contributed by atoms with Gasteiger partial charge in [-0.3, -0.25) is 9.59 Å². The number of hydrogen-bond acceptors (Lipinski definition) is 3. The molecule has 3 rings (SSSR count). The van der Waals surface area contributed by atoms with Crippen molar-refractivity contribution >= 4 is 23.2 Å². The van der Waals surface area contributed by atoms with Gasteiger partial charge in [0, 0.05) is 17.7 Å². The standard InChI is InChI=1S/C24H23N3O2/c1-3-23(28)25-22-15-13-21(14-16-22)24(29)27-26-17(2)18-9-11-20(12-10-18)19-7-5-4-6-8-19/h4-16H,3H2,1-2H3,(H,25,28)(H,27,29)/b26-17-. The highest BCUT2D eigenvalue weighted by molar-refractivity contribution is 6.01. The van der Waals surface area contributed by atoms with E-state index in [4.69, 9.17) is 0 Å². The van der Waals surface area contributed by atoms with Gasteiger partial charge in [-0.25, -0.2) is 5.43 Å². The van der Waals surface area contributed by atoms with Crippen molar-refractivity contribution in [1.29, 1.82) is 0 Å². The molecule has 0 radical (unpaired) electrons. The van der Waals surface area contributed by atoms with Crippen molar-refractivity contribution in [3.05, 3.63) is 90.0 Å². The smallest absolute Gasteiger partial charge is 0.271 e. The number of hydrogen-bond donors (Lipinski definition) is 2. The second-order valence-electron chi connectivity index (χ2n) is 6.56. The summed E-state index contributed by atoms with van der Waals surface area (Å²) in [6.45, 7) is 3.63. The van der Waals surface area contributed by atoms with Crippen molar-refractivity contribution < 1.29 is 9.59 Å². The first kappa shape index (κ1) is 20.0. The number of carbonyl (C=O) groups is 2. The highest BCUT2D eigenvalue weighted by atomic mass is 16.2. The molecule has 5 nitrogen and oxygen atoms in total. The Hall–Kier alpha value is -3.73.